The third-order valence-electron chi connectivity index (χ3n) is 3.54. The Balaban J connectivity index is 2.18. The average molecular weight is 360 g/mol. The lowest BCUT2D eigenvalue weighted by molar-refractivity contribution is -0.132. The molecule has 0 fully saturated rings. The number of carbonyl (C=O) groups excluding carboxylic acids is 2. The first-order chi connectivity index (χ1) is 12.3. The summed E-state index contributed by atoms with van der Waals surface area (Å²) in [6, 6.07) is 13.1. The standard InChI is InChI=1S/C20H18F2O4/c1-13(23)25-18-7-3-15(4-8-18)11-17(12-20(21)22)16-5-9-19(10-6-16)26-14(2)24/h3-10,12,17H,11H2,1-2H3. The molecule has 2 aromatic carbocycles. The van der Waals surface area contributed by atoms with Gasteiger partial charge in [-0.1, -0.05) is 24.3 Å². The largest absolute Gasteiger partial charge is 0.427 e. The third-order valence-corrected chi connectivity index (χ3v) is 3.54. The van der Waals surface area contributed by atoms with Crippen molar-refractivity contribution >= 4 is 11.9 Å². The molecule has 0 saturated heterocycles. The number of carbonyl (C=O) groups is 2. The fourth-order valence-electron chi connectivity index (χ4n) is 2.49. The molecule has 0 N–H and O–H groups in total. The summed E-state index contributed by atoms with van der Waals surface area (Å²) in [4.78, 5) is 21.9. The number of halogens is 2. The minimum atomic E-state index is -1.77. The van der Waals surface area contributed by atoms with Crippen molar-refractivity contribution in [1.82, 2.24) is 0 Å². The van der Waals surface area contributed by atoms with E-state index < -0.39 is 23.9 Å². The number of esters is 2. The minimum absolute atomic E-state index is 0.338. The first-order valence-corrected chi connectivity index (χ1v) is 7.92. The molecule has 1 unspecified atom stereocenters. The van der Waals surface area contributed by atoms with Gasteiger partial charge in [0.1, 0.15) is 11.5 Å². The fourth-order valence-corrected chi connectivity index (χ4v) is 2.49. The van der Waals surface area contributed by atoms with Crippen LogP contribution in [0.5, 0.6) is 11.5 Å². The van der Waals surface area contributed by atoms with E-state index in [2.05, 4.69) is 0 Å². The maximum atomic E-state index is 12.9. The Morgan fingerprint density at radius 3 is 1.77 bits per heavy atom. The molecular formula is C20H18F2O4. The molecule has 1 atom stereocenters. The zero-order valence-corrected chi connectivity index (χ0v) is 14.4. The van der Waals surface area contributed by atoms with E-state index in [4.69, 9.17) is 9.47 Å². The molecule has 2 aromatic rings. The topological polar surface area (TPSA) is 52.6 Å². The molecule has 2 rings (SSSR count). The number of ether oxygens (including phenoxy) is 2. The Kier molecular flexibility index (Phi) is 6.60. The highest BCUT2D eigenvalue weighted by molar-refractivity contribution is 5.69. The molecule has 0 radical (unpaired) electrons. The van der Waals surface area contributed by atoms with Crippen LogP contribution in [0.15, 0.2) is 60.7 Å². The summed E-state index contributed by atoms with van der Waals surface area (Å²) in [7, 11) is 0. The summed E-state index contributed by atoms with van der Waals surface area (Å²) in [6.45, 7) is 2.59. The first-order valence-electron chi connectivity index (χ1n) is 7.92. The van der Waals surface area contributed by atoms with E-state index in [-0.39, 0.29) is 0 Å². The number of hydrogen-bond donors (Lipinski definition) is 0. The van der Waals surface area contributed by atoms with Gasteiger partial charge in [-0.25, -0.2) is 0 Å². The molecule has 0 aliphatic heterocycles. The quantitative estimate of drug-likeness (QED) is 0.556. The van der Waals surface area contributed by atoms with Crippen LogP contribution in [-0.4, -0.2) is 11.9 Å². The van der Waals surface area contributed by atoms with Crippen LogP contribution in [-0.2, 0) is 16.0 Å². The third kappa shape index (κ3) is 6.12. The molecule has 26 heavy (non-hydrogen) atoms. The van der Waals surface area contributed by atoms with Gasteiger partial charge in [-0.3, -0.25) is 9.59 Å². The van der Waals surface area contributed by atoms with Gasteiger partial charge in [-0.15, -0.1) is 0 Å². The van der Waals surface area contributed by atoms with E-state index >= 15 is 0 Å². The molecule has 4 nitrogen and oxygen atoms in total. The summed E-state index contributed by atoms with van der Waals surface area (Å²) in [5.74, 6) is -0.667. The number of rotatable bonds is 6. The number of allylic oxidation sites excluding steroid dienone is 1. The molecule has 6 heteroatoms. The van der Waals surface area contributed by atoms with E-state index in [1.165, 1.54) is 13.8 Å². The van der Waals surface area contributed by atoms with Crippen LogP contribution in [0.2, 0.25) is 0 Å². The molecule has 0 aliphatic rings. The van der Waals surface area contributed by atoms with Crippen LogP contribution in [0.1, 0.15) is 30.9 Å². The normalized spacial score (nSPS) is 11.4. The zero-order chi connectivity index (χ0) is 19.1. The van der Waals surface area contributed by atoms with Crippen molar-refractivity contribution in [2.24, 2.45) is 0 Å². The van der Waals surface area contributed by atoms with Gasteiger partial charge in [-0.2, -0.15) is 8.78 Å². The van der Waals surface area contributed by atoms with E-state index in [1.54, 1.807) is 48.5 Å². The van der Waals surface area contributed by atoms with Gasteiger partial charge in [0, 0.05) is 19.8 Å². The predicted octanol–water partition coefficient (Wildman–Crippen LogP) is 4.64. The smallest absolute Gasteiger partial charge is 0.308 e. The monoisotopic (exact) mass is 360 g/mol. The Hall–Kier alpha value is -3.02. The lowest BCUT2D eigenvalue weighted by atomic mass is 9.92. The highest BCUT2D eigenvalue weighted by atomic mass is 19.3. The molecule has 0 heterocycles. The Morgan fingerprint density at radius 2 is 1.35 bits per heavy atom. The highest BCUT2D eigenvalue weighted by Gasteiger charge is 2.13. The lowest BCUT2D eigenvalue weighted by Gasteiger charge is -2.14. The van der Waals surface area contributed by atoms with Gasteiger partial charge in [0.05, 0.1) is 0 Å². The summed E-state index contributed by atoms with van der Waals surface area (Å²) in [5, 5.41) is 0. The summed E-state index contributed by atoms with van der Waals surface area (Å²) in [6.07, 6.45) is -0.540. The summed E-state index contributed by atoms with van der Waals surface area (Å²) >= 11 is 0. The van der Waals surface area contributed by atoms with Crippen molar-refractivity contribution in [3.63, 3.8) is 0 Å². The molecule has 0 bridgehead atoms. The van der Waals surface area contributed by atoms with Gasteiger partial charge in [0.25, 0.3) is 6.08 Å². The number of benzene rings is 2. The Morgan fingerprint density at radius 1 is 0.885 bits per heavy atom. The van der Waals surface area contributed by atoms with Gasteiger partial charge in [-0.05, 0) is 47.9 Å². The van der Waals surface area contributed by atoms with Gasteiger partial charge in [0.2, 0.25) is 0 Å². The van der Waals surface area contributed by atoms with Crippen LogP contribution in [0.25, 0.3) is 0 Å². The summed E-state index contributed by atoms with van der Waals surface area (Å²) in [5.41, 5.74) is 1.48. The molecular weight excluding hydrogens is 342 g/mol. The van der Waals surface area contributed by atoms with E-state index in [9.17, 15) is 18.4 Å². The second-order valence-electron chi connectivity index (χ2n) is 5.67. The van der Waals surface area contributed by atoms with E-state index in [0.717, 1.165) is 11.6 Å². The predicted molar refractivity (Wildman–Crippen MR) is 92.2 cm³/mol. The molecule has 0 spiro atoms. The Bertz CT molecular complexity index is 792. The van der Waals surface area contributed by atoms with Gasteiger partial charge >= 0.3 is 11.9 Å². The molecule has 0 saturated carbocycles. The maximum absolute atomic E-state index is 12.9. The second kappa shape index (κ2) is 8.89. The first kappa shape index (κ1) is 19.3. The molecule has 0 aromatic heterocycles. The van der Waals surface area contributed by atoms with Crippen molar-refractivity contribution in [3.8, 4) is 11.5 Å². The SMILES string of the molecule is CC(=O)Oc1ccc(CC(C=C(F)F)c2ccc(OC(C)=O)cc2)cc1. The van der Waals surface area contributed by atoms with Gasteiger partial charge < -0.3 is 9.47 Å². The van der Waals surface area contributed by atoms with Crippen LogP contribution < -0.4 is 9.47 Å². The second-order valence-corrected chi connectivity index (χ2v) is 5.67. The van der Waals surface area contributed by atoms with Crippen LogP contribution in [0.4, 0.5) is 8.78 Å². The van der Waals surface area contributed by atoms with Gasteiger partial charge in [0.15, 0.2) is 0 Å². The zero-order valence-electron chi connectivity index (χ0n) is 14.4. The molecule has 0 amide bonds. The van der Waals surface area contributed by atoms with Crippen LogP contribution >= 0.6 is 0 Å². The number of hydrogen-bond acceptors (Lipinski definition) is 4. The Labute approximate surface area is 150 Å². The molecule has 0 aliphatic carbocycles. The van der Waals surface area contributed by atoms with Crippen LogP contribution in [0, 0.1) is 0 Å². The van der Waals surface area contributed by atoms with Crippen LogP contribution in [0.3, 0.4) is 0 Å². The van der Waals surface area contributed by atoms with E-state index in [1.807, 2.05) is 0 Å². The van der Waals surface area contributed by atoms with Crippen molar-refractivity contribution in [1.29, 1.82) is 0 Å². The fraction of sp³-hybridized carbons (Fsp3) is 0.200. The van der Waals surface area contributed by atoms with Crippen molar-refractivity contribution < 1.29 is 27.8 Å². The highest BCUT2D eigenvalue weighted by Crippen LogP contribution is 2.27. The summed E-state index contributed by atoms with van der Waals surface area (Å²) < 4.78 is 35.6. The minimum Gasteiger partial charge on any atom is -0.427 e. The molecule has 136 valence electrons. The van der Waals surface area contributed by atoms with Crippen molar-refractivity contribution in [2.75, 3.05) is 0 Å². The van der Waals surface area contributed by atoms with E-state index in [0.29, 0.717) is 23.5 Å². The van der Waals surface area contributed by atoms with Crippen molar-refractivity contribution in [3.05, 3.63) is 71.8 Å². The average Bonchev–Trinajstić information content (AvgIpc) is 2.55. The van der Waals surface area contributed by atoms with Crippen molar-refractivity contribution in [2.45, 2.75) is 26.2 Å². The lowest BCUT2D eigenvalue weighted by Crippen LogP contribution is -2.04. The maximum Gasteiger partial charge on any atom is 0.308 e.